The molecule has 30 heavy (non-hydrogen) atoms. The van der Waals surface area contributed by atoms with Gasteiger partial charge in [0.2, 0.25) is 11.8 Å². The number of hydrogen-bond donors (Lipinski definition) is 1. The fraction of sp³-hybridized carbons (Fsp3) is 0.609. The van der Waals surface area contributed by atoms with Gasteiger partial charge in [-0.2, -0.15) is 0 Å². The number of likely N-dealkylation sites (N-methyl/N-ethyl adjacent to an activating group) is 1. The van der Waals surface area contributed by atoms with Gasteiger partial charge in [-0.25, -0.2) is 4.98 Å². The smallest absolute Gasteiger partial charge is 0.259 e. The average Bonchev–Trinajstić information content (AvgIpc) is 2.73. The number of aliphatic hydroxyl groups excluding tert-OH is 1. The minimum Gasteiger partial charge on any atom is -0.472 e. The summed E-state index contributed by atoms with van der Waals surface area (Å²) in [4.78, 5) is 33.1. The number of aliphatic hydroxyl groups is 1. The highest BCUT2D eigenvalue weighted by Crippen LogP contribution is 2.27. The molecule has 1 N–H and O–H groups in total. The van der Waals surface area contributed by atoms with Gasteiger partial charge in [-0.15, -0.1) is 0 Å². The highest BCUT2D eigenvalue weighted by Gasteiger charge is 2.34. The maximum Gasteiger partial charge on any atom is 0.259 e. The molecule has 1 aromatic rings. The second-order valence-electron chi connectivity index (χ2n) is 8.25. The highest BCUT2D eigenvalue weighted by atomic mass is 16.5. The quantitative estimate of drug-likeness (QED) is 0.746. The van der Waals surface area contributed by atoms with Crippen molar-refractivity contribution >= 4 is 11.8 Å². The van der Waals surface area contributed by atoms with Crippen molar-refractivity contribution in [1.82, 2.24) is 14.8 Å². The molecule has 0 saturated heterocycles. The molecule has 0 unspecified atom stereocenters. The van der Waals surface area contributed by atoms with Crippen LogP contribution in [0.1, 0.15) is 57.0 Å². The molecule has 164 valence electrons. The number of hydrogen-bond acceptors (Lipinski definition) is 5. The highest BCUT2D eigenvalue weighted by molar-refractivity contribution is 5.97. The Morgan fingerprint density at radius 3 is 2.73 bits per heavy atom. The summed E-state index contributed by atoms with van der Waals surface area (Å²) in [6.45, 7) is 10.2. The molecule has 1 aliphatic rings. The van der Waals surface area contributed by atoms with Gasteiger partial charge >= 0.3 is 0 Å². The first-order valence-corrected chi connectivity index (χ1v) is 10.5. The zero-order chi connectivity index (χ0) is 22.4. The van der Waals surface area contributed by atoms with E-state index in [-0.39, 0.29) is 48.3 Å². The van der Waals surface area contributed by atoms with Gasteiger partial charge in [-0.05, 0) is 13.0 Å². The lowest BCUT2D eigenvalue weighted by molar-refractivity contribution is -0.131. The second-order valence-corrected chi connectivity index (χ2v) is 8.25. The van der Waals surface area contributed by atoms with Crippen LogP contribution in [0.15, 0.2) is 12.3 Å². The third-order valence-electron chi connectivity index (χ3n) is 5.21. The first-order chi connectivity index (χ1) is 14.2. The van der Waals surface area contributed by atoms with Crippen molar-refractivity contribution in [3.05, 3.63) is 23.4 Å². The molecule has 0 fully saturated rings. The Morgan fingerprint density at radius 2 is 2.13 bits per heavy atom. The molecule has 0 radical (unpaired) electrons. The minimum absolute atomic E-state index is 0.0250. The molecule has 0 bridgehead atoms. The zero-order valence-electron chi connectivity index (χ0n) is 18.8. The molecule has 2 heterocycles. The molecule has 7 heteroatoms. The lowest BCUT2D eigenvalue weighted by Crippen LogP contribution is -2.50. The van der Waals surface area contributed by atoms with Gasteiger partial charge in [-0.1, -0.05) is 39.5 Å². The monoisotopic (exact) mass is 415 g/mol. The summed E-state index contributed by atoms with van der Waals surface area (Å²) in [6, 6.07) is 1.34. The van der Waals surface area contributed by atoms with Crippen LogP contribution in [0, 0.1) is 23.7 Å². The van der Waals surface area contributed by atoms with Crippen molar-refractivity contribution in [2.75, 3.05) is 26.7 Å². The molecule has 3 atom stereocenters. The number of carbonyl (C=O) groups is 2. The molecule has 0 aliphatic carbocycles. The number of carbonyl (C=O) groups excluding carboxylic acids is 2. The van der Waals surface area contributed by atoms with Gasteiger partial charge in [-0.3, -0.25) is 9.59 Å². The Balaban J connectivity index is 2.47. The normalized spacial score (nSPS) is 19.7. The summed E-state index contributed by atoms with van der Waals surface area (Å²) in [5.41, 5.74) is 0.965. The Hall–Kier alpha value is -2.59. The molecular formula is C23H33N3O4. The van der Waals surface area contributed by atoms with Crippen molar-refractivity contribution in [1.29, 1.82) is 0 Å². The van der Waals surface area contributed by atoms with Crippen LogP contribution in [0.3, 0.4) is 0 Å². The summed E-state index contributed by atoms with van der Waals surface area (Å²) in [5, 5.41) is 9.70. The molecule has 1 aliphatic heterocycles. The standard InChI is InChI=1S/C23H33N3O4/c1-7-21(28)25(6)13-20-16(4)12-26(17(5)14-27)23(29)19-10-18(9-8-15(2)3)11-24-22(19)30-20/h10-11,15-17,20,27H,7,12-14H2,1-6H3/t16-,17-,20+/m0/s1. The fourth-order valence-electron chi connectivity index (χ4n) is 3.26. The van der Waals surface area contributed by atoms with E-state index >= 15 is 0 Å². The number of fused-ring (bicyclic) bond motifs is 1. The van der Waals surface area contributed by atoms with Gasteiger partial charge in [0.15, 0.2) is 0 Å². The molecule has 2 rings (SSSR count). The minimum atomic E-state index is -0.355. The molecular weight excluding hydrogens is 382 g/mol. The SMILES string of the molecule is CCC(=O)N(C)C[C@H]1Oc2ncc(C#CC(C)C)cc2C(=O)N([C@@H](C)CO)C[C@@H]1C. The second kappa shape index (κ2) is 10.4. The lowest BCUT2D eigenvalue weighted by Gasteiger charge is -2.37. The van der Waals surface area contributed by atoms with E-state index in [2.05, 4.69) is 16.8 Å². The lowest BCUT2D eigenvalue weighted by atomic mass is 9.99. The molecule has 1 aromatic heterocycles. The van der Waals surface area contributed by atoms with Crippen LogP contribution in [0.4, 0.5) is 0 Å². The van der Waals surface area contributed by atoms with Crippen LogP contribution in [0.2, 0.25) is 0 Å². The number of nitrogens with zero attached hydrogens (tertiary/aromatic N) is 3. The van der Waals surface area contributed by atoms with E-state index in [1.54, 1.807) is 29.1 Å². The predicted octanol–water partition coefficient (Wildman–Crippen LogP) is 2.18. The first-order valence-electron chi connectivity index (χ1n) is 10.5. The summed E-state index contributed by atoms with van der Waals surface area (Å²) >= 11 is 0. The van der Waals surface area contributed by atoms with Crippen LogP contribution < -0.4 is 4.74 Å². The fourth-order valence-corrected chi connectivity index (χ4v) is 3.26. The van der Waals surface area contributed by atoms with Gasteiger partial charge in [0.1, 0.15) is 11.7 Å². The summed E-state index contributed by atoms with van der Waals surface area (Å²) in [6.07, 6.45) is 1.67. The van der Waals surface area contributed by atoms with Crippen LogP contribution in [-0.2, 0) is 4.79 Å². The van der Waals surface area contributed by atoms with Gasteiger partial charge < -0.3 is 19.6 Å². The van der Waals surface area contributed by atoms with E-state index in [1.165, 1.54) is 0 Å². The van der Waals surface area contributed by atoms with Crippen LogP contribution >= 0.6 is 0 Å². The zero-order valence-corrected chi connectivity index (χ0v) is 18.8. The summed E-state index contributed by atoms with van der Waals surface area (Å²) < 4.78 is 6.16. The third kappa shape index (κ3) is 5.73. The maximum absolute atomic E-state index is 13.3. The Kier molecular flexibility index (Phi) is 8.24. The molecule has 7 nitrogen and oxygen atoms in total. The van der Waals surface area contributed by atoms with Crippen LogP contribution in [0.25, 0.3) is 0 Å². The molecule has 2 amide bonds. The van der Waals surface area contributed by atoms with E-state index in [4.69, 9.17) is 4.74 Å². The number of amides is 2. The first kappa shape index (κ1) is 23.7. The number of pyridine rings is 1. The van der Waals surface area contributed by atoms with Crippen molar-refractivity contribution < 1.29 is 19.4 Å². The number of rotatable bonds is 5. The van der Waals surface area contributed by atoms with E-state index in [0.29, 0.717) is 30.6 Å². The van der Waals surface area contributed by atoms with Gasteiger partial charge in [0.05, 0.1) is 19.2 Å². The molecule has 0 spiro atoms. The molecule has 0 aromatic carbocycles. The average molecular weight is 416 g/mol. The summed E-state index contributed by atoms with van der Waals surface area (Å²) in [5.74, 6) is 6.27. The Labute approximate surface area is 179 Å². The van der Waals surface area contributed by atoms with E-state index in [9.17, 15) is 14.7 Å². The van der Waals surface area contributed by atoms with Crippen LogP contribution in [0.5, 0.6) is 5.88 Å². The summed E-state index contributed by atoms with van der Waals surface area (Å²) in [7, 11) is 1.75. The Morgan fingerprint density at radius 1 is 1.43 bits per heavy atom. The van der Waals surface area contributed by atoms with Crippen molar-refractivity contribution in [2.45, 2.75) is 53.2 Å². The number of aromatic nitrogens is 1. The number of ether oxygens (including phenoxy) is 1. The largest absolute Gasteiger partial charge is 0.472 e. The third-order valence-corrected chi connectivity index (χ3v) is 5.21. The van der Waals surface area contributed by atoms with E-state index < -0.39 is 0 Å². The van der Waals surface area contributed by atoms with Gasteiger partial charge in [0, 0.05) is 43.6 Å². The van der Waals surface area contributed by atoms with E-state index in [0.717, 1.165) is 0 Å². The van der Waals surface area contributed by atoms with Crippen molar-refractivity contribution in [2.24, 2.45) is 11.8 Å². The molecule has 0 saturated carbocycles. The van der Waals surface area contributed by atoms with Crippen molar-refractivity contribution in [3.8, 4) is 17.7 Å². The topological polar surface area (TPSA) is 83.0 Å². The van der Waals surface area contributed by atoms with Crippen molar-refractivity contribution in [3.63, 3.8) is 0 Å². The van der Waals surface area contributed by atoms with Crippen LogP contribution in [-0.4, -0.2) is 70.6 Å². The Bertz CT molecular complexity index is 827. The predicted molar refractivity (Wildman–Crippen MR) is 115 cm³/mol. The van der Waals surface area contributed by atoms with Gasteiger partial charge in [0.25, 0.3) is 5.91 Å². The van der Waals surface area contributed by atoms with E-state index in [1.807, 2.05) is 34.6 Å². The maximum atomic E-state index is 13.3.